The van der Waals surface area contributed by atoms with Crippen molar-refractivity contribution in [3.05, 3.63) is 60.4 Å². The van der Waals surface area contributed by atoms with E-state index in [1.165, 1.54) is 5.06 Å². The molecule has 27 heavy (non-hydrogen) atoms. The van der Waals surface area contributed by atoms with Crippen LogP contribution in [-0.2, 0) is 16.2 Å². The van der Waals surface area contributed by atoms with Crippen LogP contribution < -0.4 is 10.9 Å². The molecule has 0 spiro atoms. The molecule has 2 fully saturated rings. The third-order valence-electron chi connectivity index (χ3n) is 4.83. The van der Waals surface area contributed by atoms with Crippen molar-refractivity contribution in [1.82, 2.24) is 20.4 Å². The lowest BCUT2D eigenvalue weighted by atomic mass is 10.0. The Labute approximate surface area is 157 Å². The first kappa shape index (κ1) is 17.3. The lowest BCUT2D eigenvalue weighted by Gasteiger charge is -2.29. The molecule has 140 valence electrons. The Morgan fingerprint density at radius 2 is 2.04 bits per heavy atom. The van der Waals surface area contributed by atoms with Crippen LogP contribution in [0.5, 0.6) is 0 Å². The molecule has 8 heteroatoms. The van der Waals surface area contributed by atoms with Crippen LogP contribution in [-0.4, -0.2) is 45.5 Å². The largest absolute Gasteiger partial charge is 0.345 e. The molecule has 2 aliphatic rings. The van der Waals surface area contributed by atoms with Gasteiger partial charge in [0, 0.05) is 12.7 Å². The maximum Gasteiger partial charge on any atom is 0.345 e. The van der Waals surface area contributed by atoms with Crippen LogP contribution in [0, 0.1) is 0 Å². The van der Waals surface area contributed by atoms with Gasteiger partial charge < -0.3 is 4.90 Å². The van der Waals surface area contributed by atoms with Crippen LogP contribution in [0.2, 0.25) is 0 Å². The zero-order chi connectivity index (χ0) is 18.6. The van der Waals surface area contributed by atoms with Gasteiger partial charge in [-0.2, -0.15) is 5.06 Å². The smallest absolute Gasteiger partial charge is 0.309 e. The first-order valence-corrected chi connectivity index (χ1v) is 8.95. The molecule has 3 heterocycles. The van der Waals surface area contributed by atoms with Crippen molar-refractivity contribution < 1.29 is 14.4 Å². The number of rotatable bonds is 6. The van der Waals surface area contributed by atoms with Crippen molar-refractivity contribution >= 4 is 17.6 Å². The van der Waals surface area contributed by atoms with E-state index in [2.05, 4.69) is 15.8 Å². The fourth-order valence-corrected chi connectivity index (χ4v) is 3.44. The molecule has 1 aromatic heterocycles. The van der Waals surface area contributed by atoms with E-state index >= 15 is 0 Å². The summed E-state index contributed by atoms with van der Waals surface area (Å²) < 4.78 is 0. The minimum absolute atomic E-state index is 0.0171. The quantitative estimate of drug-likeness (QED) is 0.762. The number of nitrogens with one attached hydrogen (secondary N) is 2. The molecule has 2 bridgehead atoms. The van der Waals surface area contributed by atoms with Gasteiger partial charge in [-0.05, 0) is 30.5 Å². The average molecular weight is 367 g/mol. The zero-order valence-corrected chi connectivity index (χ0v) is 14.7. The number of hydrogen-bond donors (Lipinski definition) is 2. The molecule has 2 N–H and O–H groups in total. The number of pyridine rings is 1. The van der Waals surface area contributed by atoms with E-state index in [0.29, 0.717) is 25.3 Å². The third-order valence-corrected chi connectivity index (χ3v) is 4.83. The van der Waals surface area contributed by atoms with Crippen LogP contribution in [0.25, 0.3) is 0 Å². The highest BCUT2D eigenvalue weighted by molar-refractivity contribution is 5.89. The highest BCUT2D eigenvalue weighted by Crippen LogP contribution is 2.30. The fourth-order valence-electron chi connectivity index (χ4n) is 3.44. The molecule has 0 saturated carbocycles. The Kier molecular flexibility index (Phi) is 4.88. The number of benzene rings is 1. The minimum atomic E-state index is -0.511. The van der Waals surface area contributed by atoms with E-state index in [1.54, 1.807) is 29.4 Å². The number of fused-ring (bicyclic) bond motifs is 2. The molecule has 0 radical (unpaired) electrons. The van der Waals surface area contributed by atoms with Crippen LogP contribution in [0.3, 0.4) is 0 Å². The number of aromatic nitrogens is 1. The molecule has 2 saturated heterocycles. The Balaban J connectivity index is 1.35. The summed E-state index contributed by atoms with van der Waals surface area (Å²) in [7, 11) is 0. The highest BCUT2D eigenvalue weighted by atomic mass is 16.7. The first-order valence-electron chi connectivity index (χ1n) is 8.95. The Morgan fingerprint density at radius 3 is 2.81 bits per heavy atom. The van der Waals surface area contributed by atoms with Crippen LogP contribution in [0.1, 0.15) is 18.4 Å². The van der Waals surface area contributed by atoms with Gasteiger partial charge in [0.25, 0.3) is 5.91 Å². The standard InChI is InChI=1S/C19H21N5O3/c25-18(22-21-15-7-4-10-20-11-15)17-9-8-16-12-23(17)19(26)24(16)27-13-14-5-2-1-3-6-14/h1-7,10-11,16-17,21H,8-9,12-13H2,(H,22,25). The lowest BCUT2D eigenvalue weighted by molar-refractivity contribution is -0.140. The topological polar surface area (TPSA) is 86.8 Å². The van der Waals surface area contributed by atoms with E-state index in [4.69, 9.17) is 4.84 Å². The number of carbonyl (C=O) groups excluding carboxylic acids is 2. The van der Waals surface area contributed by atoms with Crippen molar-refractivity contribution in [2.45, 2.75) is 31.5 Å². The van der Waals surface area contributed by atoms with Gasteiger partial charge in [-0.3, -0.25) is 25.5 Å². The van der Waals surface area contributed by atoms with Crippen LogP contribution >= 0.6 is 0 Å². The van der Waals surface area contributed by atoms with Gasteiger partial charge in [0.15, 0.2) is 0 Å². The normalized spacial score (nSPS) is 21.3. The molecular formula is C19H21N5O3. The van der Waals surface area contributed by atoms with E-state index in [0.717, 1.165) is 12.0 Å². The van der Waals surface area contributed by atoms with Gasteiger partial charge in [0.1, 0.15) is 12.6 Å². The Hall–Kier alpha value is -3.13. The zero-order valence-electron chi connectivity index (χ0n) is 14.7. The molecule has 0 aliphatic carbocycles. The number of amides is 3. The van der Waals surface area contributed by atoms with Crippen LogP contribution in [0.15, 0.2) is 54.9 Å². The Morgan fingerprint density at radius 1 is 1.19 bits per heavy atom. The number of piperidine rings is 1. The molecule has 2 aromatic rings. The summed E-state index contributed by atoms with van der Waals surface area (Å²) in [6.07, 6.45) is 4.59. The van der Waals surface area contributed by atoms with Gasteiger partial charge in [0.2, 0.25) is 0 Å². The predicted molar refractivity (Wildman–Crippen MR) is 98.0 cm³/mol. The number of nitrogens with zero attached hydrogens (tertiary/aromatic N) is 3. The summed E-state index contributed by atoms with van der Waals surface area (Å²) in [5, 5.41) is 1.43. The van der Waals surface area contributed by atoms with Gasteiger partial charge >= 0.3 is 6.03 Å². The van der Waals surface area contributed by atoms with Crippen LogP contribution in [0.4, 0.5) is 10.5 Å². The Bertz CT molecular complexity index is 802. The monoisotopic (exact) mass is 367 g/mol. The van der Waals surface area contributed by atoms with Crippen molar-refractivity contribution in [2.24, 2.45) is 0 Å². The molecule has 2 aliphatic heterocycles. The molecule has 1 aromatic carbocycles. The van der Waals surface area contributed by atoms with Crippen molar-refractivity contribution in [2.75, 3.05) is 12.0 Å². The SMILES string of the molecule is O=C(NNc1cccnc1)C1CCC2CN1C(=O)N2OCc1ccccc1. The van der Waals surface area contributed by atoms with Crippen molar-refractivity contribution in [1.29, 1.82) is 0 Å². The van der Waals surface area contributed by atoms with Gasteiger partial charge in [-0.25, -0.2) is 4.79 Å². The number of urea groups is 1. The van der Waals surface area contributed by atoms with Gasteiger partial charge in [-0.15, -0.1) is 0 Å². The summed E-state index contributed by atoms with van der Waals surface area (Å²) in [6, 6.07) is 12.5. The number of hydrazine groups is 1. The second-order valence-electron chi connectivity index (χ2n) is 6.62. The third kappa shape index (κ3) is 3.70. The van der Waals surface area contributed by atoms with E-state index in [1.807, 2.05) is 30.3 Å². The maximum atomic E-state index is 12.7. The molecular weight excluding hydrogens is 346 g/mol. The second kappa shape index (κ2) is 7.63. The lowest BCUT2D eigenvalue weighted by Crippen LogP contribution is -2.51. The number of hydroxylamine groups is 2. The maximum absolute atomic E-state index is 12.7. The number of hydrogen-bond acceptors (Lipinski definition) is 5. The summed E-state index contributed by atoms with van der Waals surface area (Å²) >= 11 is 0. The highest BCUT2D eigenvalue weighted by Gasteiger charge is 2.47. The summed E-state index contributed by atoms with van der Waals surface area (Å²) in [5.74, 6) is -0.240. The molecule has 2 atom stereocenters. The van der Waals surface area contributed by atoms with Crippen molar-refractivity contribution in [3.63, 3.8) is 0 Å². The number of anilines is 1. The second-order valence-corrected chi connectivity index (χ2v) is 6.62. The molecule has 2 unspecified atom stereocenters. The van der Waals surface area contributed by atoms with E-state index in [9.17, 15) is 9.59 Å². The summed E-state index contributed by atoms with van der Waals surface area (Å²) in [5.41, 5.74) is 7.17. The molecule has 3 amide bonds. The van der Waals surface area contributed by atoms with Gasteiger partial charge in [-0.1, -0.05) is 30.3 Å². The predicted octanol–water partition coefficient (Wildman–Crippen LogP) is 1.93. The first-order chi connectivity index (χ1) is 13.2. The summed E-state index contributed by atoms with van der Waals surface area (Å²) in [6.45, 7) is 0.828. The fraction of sp³-hybridized carbons (Fsp3) is 0.316. The molecule has 4 rings (SSSR count). The summed E-state index contributed by atoms with van der Waals surface area (Å²) in [4.78, 5) is 36.6. The number of carbonyl (C=O) groups is 2. The van der Waals surface area contributed by atoms with Crippen molar-refractivity contribution in [3.8, 4) is 0 Å². The average Bonchev–Trinajstić information content (AvgIpc) is 2.96. The minimum Gasteiger partial charge on any atom is -0.309 e. The molecule has 8 nitrogen and oxygen atoms in total. The van der Waals surface area contributed by atoms with E-state index < -0.39 is 6.04 Å². The van der Waals surface area contributed by atoms with E-state index in [-0.39, 0.29) is 18.0 Å². The van der Waals surface area contributed by atoms with Gasteiger partial charge in [0.05, 0.1) is 17.9 Å².